The van der Waals surface area contributed by atoms with Crippen LogP contribution in [-0.2, 0) is 17.1 Å². The van der Waals surface area contributed by atoms with Crippen LogP contribution < -0.4 is 25.8 Å². The number of nitrogens with one attached hydrogen (secondary N) is 3. The normalized spacial score (nSPS) is 16.1. The molecule has 8 rings (SSSR count). The topological polar surface area (TPSA) is 123 Å². The molecule has 312 valence electrons. The molecule has 0 saturated carbocycles. The van der Waals surface area contributed by atoms with Gasteiger partial charge < -0.3 is 30.7 Å². The van der Waals surface area contributed by atoms with E-state index >= 15 is 0 Å². The van der Waals surface area contributed by atoms with Crippen molar-refractivity contribution >= 4 is 40.0 Å². The van der Waals surface area contributed by atoms with Crippen LogP contribution in [0, 0.1) is 0 Å². The average Bonchev–Trinajstić information content (AvgIpc) is 3.88. The quantitative estimate of drug-likeness (QED) is 0.140. The molecule has 0 unspecified atom stereocenters. The summed E-state index contributed by atoms with van der Waals surface area (Å²) in [5, 5.41) is 18.3. The van der Waals surface area contributed by atoms with Crippen molar-refractivity contribution in [2.24, 2.45) is 0 Å². The van der Waals surface area contributed by atoms with Crippen molar-refractivity contribution < 1.29 is 31.1 Å². The molecule has 2 aliphatic rings. The van der Waals surface area contributed by atoms with Gasteiger partial charge >= 0.3 is 12.4 Å². The van der Waals surface area contributed by atoms with Crippen LogP contribution in [0.15, 0.2) is 85.7 Å². The zero-order valence-corrected chi connectivity index (χ0v) is 32.6. The highest BCUT2D eigenvalue weighted by Gasteiger charge is 2.32. The van der Waals surface area contributed by atoms with Gasteiger partial charge in [0, 0.05) is 59.3 Å². The summed E-state index contributed by atoms with van der Waals surface area (Å²) in [5.41, 5.74) is 3.24. The largest absolute Gasteiger partial charge is 0.416 e. The standard InChI is InChI=1S/C21H23F3N6O.C19H21F3N6/c1-14(16-4-3-5-17(10-16)21(22,23)24)27-20-19-11-18(12-30(19)26-13-25-20)29-8-6-28(7-9-29)15(2)31;1-13(14-3-2-4-15(9-14)19(20,21)22)26-18-17-10-16(11-28(17)25-12-24-18)27-7-5-23-6-8-27/h3-5,10-14H,6-9H2,1-2H3,(H,25,26,27);2-4,9-13,23H,5-8H2,1H3,(H,24,25,26)/t14-;13-/m11/s1. The SMILES string of the molecule is CC(=O)N1CCN(c2cc3c(N[C@H](C)c4cccc(C(F)(F)F)c4)ncnn3c2)CC1.C[C@@H](Nc1ncnn2cc(N3CCNCC3)cc12)c1cccc(C(F)(F)F)c1. The number of halogens is 6. The maximum absolute atomic E-state index is 13.0. The zero-order valence-electron chi connectivity index (χ0n) is 32.6. The van der Waals surface area contributed by atoms with Gasteiger partial charge in [0.15, 0.2) is 11.6 Å². The van der Waals surface area contributed by atoms with Crippen molar-refractivity contribution in [3.05, 3.63) is 108 Å². The number of hydrogen-bond donors (Lipinski definition) is 3. The number of nitrogens with zero attached hydrogens (tertiary/aromatic N) is 9. The van der Waals surface area contributed by atoms with E-state index < -0.39 is 29.5 Å². The Morgan fingerprint density at radius 1 is 0.661 bits per heavy atom. The second-order valence-electron chi connectivity index (χ2n) is 14.5. The van der Waals surface area contributed by atoms with E-state index in [4.69, 9.17) is 0 Å². The van der Waals surface area contributed by atoms with Gasteiger partial charge in [0.05, 0.1) is 47.0 Å². The minimum absolute atomic E-state index is 0.0719. The van der Waals surface area contributed by atoms with Gasteiger partial charge in [-0.05, 0) is 61.4 Å². The Balaban J connectivity index is 0.000000180. The number of aromatic nitrogens is 6. The fraction of sp³-hybridized carbons (Fsp3) is 0.375. The minimum Gasteiger partial charge on any atom is -0.368 e. The van der Waals surface area contributed by atoms with Gasteiger partial charge in [0.2, 0.25) is 5.91 Å². The highest BCUT2D eigenvalue weighted by atomic mass is 19.4. The molecule has 4 aromatic heterocycles. The molecule has 0 bridgehead atoms. The second kappa shape index (κ2) is 17.0. The third kappa shape index (κ3) is 9.62. The lowest BCUT2D eigenvalue weighted by Gasteiger charge is -2.34. The predicted molar refractivity (Wildman–Crippen MR) is 212 cm³/mol. The molecule has 0 radical (unpaired) electrons. The lowest BCUT2D eigenvalue weighted by molar-refractivity contribution is -0.138. The van der Waals surface area contributed by atoms with Gasteiger partial charge in [-0.25, -0.2) is 19.0 Å². The number of benzene rings is 2. The number of carbonyl (C=O) groups excluding carboxylic acids is 1. The van der Waals surface area contributed by atoms with Crippen molar-refractivity contribution in [3.63, 3.8) is 0 Å². The molecule has 13 nitrogen and oxygen atoms in total. The van der Waals surface area contributed by atoms with E-state index in [1.54, 1.807) is 35.0 Å². The van der Waals surface area contributed by atoms with Crippen molar-refractivity contribution in [2.45, 2.75) is 45.2 Å². The fourth-order valence-corrected chi connectivity index (χ4v) is 7.15. The summed E-state index contributed by atoms with van der Waals surface area (Å²) in [7, 11) is 0. The molecule has 0 aliphatic carbocycles. The van der Waals surface area contributed by atoms with Crippen LogP contribution in [0.1, 0.15) is 55.1 Å². The zero-order chi connectivity index (χ0) is 41.9. The number of alkyl halides is 6. The van der Waals surface area contributed by atoms with Gasteiger partial charge in [0.25, 0.3) is 0 Å². The molecule has 2 fully saturated rings. The lowest BCUT2D eigenvalue weighted by Crippen LogP contribution is -2.48. The smallest absolute Gasteiger partial charge is 0.368 e. The number of anilines is 4. The first kappa shape index (κ1) is 41.1. The monoisotopic (exact) mass is 822 g/mol. The molecule has 2 saturated heterocycles. The van der Waals surface area contributed by atoms with E-state index in [0.717, 1.165) is 66.8 Å². The van der Waals surface area contributed by atoms with E-state index in [2.05, 4.69) is 45.9 Å². The van der Waals surface area contributed by atoms with Crippen molar-refractivity contribution in [1.29, 1.82) is 0 Å². The molecule has 2 aromatic carbocycles. The fourth-order valence-electron chi connectivity index (χ4n) is 7.15. The number of amides is 1. The molecule has 0 spiro atoms. The van der Waals surface area contributed by atoms with Gasteiger partial charge in [0.1, 0.15) is 23.7 Å². The first-order chi connectivity index (χ1) is 28.1. The number of fused-ring (bicyclic) bond motifs is 2. The first-order valence-corrected chi connectivity index (χ1v) is 19.1. The molecule has 59 heavy (non-hydrogen) atoms. The Bertz CT molecular complexity index is 2380. The summed E-state index contributed by atoms with van der Waals surface area (Å²) < 4.78 is 81.5. The lowest BCUT2D eigenvalue weighted by atomic mass is 10.0. The van der Waals surface area contributed by atoms with Crippen molar-refractivity contribution in [3.8, 4) is 0 Å². The third-order valence-corrected chi connectivity index (χ3v) is 10.5. The Morgan fingerprint density at radius 3 is 1.53 bits per heavy atom. The van der Waals surface area contributed by atoms with Gasteiger partial charge in [-0.2, -0.15) is 36.5 Å². The van der Waals surface area contributed by atoms with E-state index in [1.165, 1.54) is 30.9 Å². The third-order valence-electron chi connectivity index (χ3n) is 10.5. The summed E-state index contributed by atoms with van der Waals surface area (Å²) in [5.74, 6) is 1.19. The van der Waals surface area contributed by atoms with Crippen LogP contribution in [0.2, 0.25) is 0 Å². The minimum atomic E-state index is -4.39. The highest BCUT2D eigenvalue weighted by Crippen LogP contribution is 2.34. The van der Waals surface area contributed by atoms with E-state index in [1.807, 2.05) is 36.4 Å². The van der Waals surface area contributed by atoms with Crippen LogP contribution in [0.3, 0.4) is 0 Å². The van der Waals surface area contributed by atoms with Crippen LogP contribution in [0.25, 0.3) is 11.0 Å². The van der Waals surface area contributed by atoms with Crippen LogP contribution in [-0.4, -0.2) is 92.4 Å². The Morgan fingerprint density at radius 2 is 1.10 bits per heavy atom. The average molecular weight is 823 g/mol. The summed E-state index contributed by atoms with van der Waals surface area (Å²) >= 11 is 0. The number of rotatable bonds is 8. The van der Waals surface area contributed by atoms with E-state index in [-0.39, 0.29) is 11.9 Å². The molecule has 3 N–H and O–H groups in total. The second-order valence-corrected chi connectivity index (χ2v) is 14.5. The van der Waals surface area contributed by atoms with Crippen LogP contribution in [0.5, 0.6) is 0 Å². The Hall–Kier alpha value is -6.11. The summed E-state index contributed by atoms with van der Waals surface area (Å²) in [4.78, 5) is 26.4. The van der Waals surface area contributed by atoms with E-state index in [0.29, 0.717) is 48.9 Å². The Kier molecular flexibility index (Phi) is 11.8. The van der Waals surface area contributed by atoms with Crippen molar-refractivity contribution in [2.75, 3.05) is 72.8 Å². The Labute approximate surface area is 336 Å². The van der Waals surface area contributed by atoms with Crippen LogP contribution >= 0.6 is 0 Å². The van der Waals surface area contributed by atoms with Crippen LogP contribution in [0.4, 0.5) is 49.4 Å². The molecule has 6 heterocycles. The molecule has 1 amide bonds. The molecule has 2 atom stereocenters. The summed E-state index contributed by atoms with van der Waals surface area (Å²) in [6, 6.07) is 13.8. The maximum atomic E-state index is 13.0. The number of piperazine rings is 2. The first-order valence-electron chi connectivity index (χ1n) is 19.1. The molecule has 2 aliphatic heterocycles. The van der Waals surface area contributed by atoms with Gasteiger partial charge in [-0.1, -0.05) is 24.3 Å². The molecular formula is C40H44F6N12O. The molecule has 6 aromatic rings. The van der Waals surface area contributed by atoms with E-state index in [9.17, 15) is 31.1 Å². The summed E-state index contributed by atoms with van der Waals surface area (Å²) in [6.45, 7) is 11.6. The highest BCUT2D eigenvalue weighted by molar-refractivity contribution is 5.76. The van der Waals surface area contributed by atoms with Gasteiger partial charge in [-0.3, -0.25) is 4.79 Å². The maximum Gasteiger partial charge on any atom is 0.416 e. The predicted octanol–water partition coefficient (Wildman–Crippen LogP) is 6.92. The number of hydrogen-bond acceptors (Lipinski definition) is 10. The van der Waals surface area contributed by atoms with Crippen molar-refractivity contribution in [1.82, 2.24) is 39.4 Å². The molecular weight excluding hydrogens is 779 g/mol. The summed E-state index contributed by atoms with van der Waals surface area (Å²) in [6.07, 6.45) is -2.07. The number of carbonyl (C=O) groups is 1. The molecule has 19 heteroatoms. The van der Waals surface area contributed by atoms with Gasteiger partial charge in [-0.15, -0.1) is 0 Å².